The van der Waals surface area contributed by atoms with E-state index in [1.807, 2.05) is 32.9 Å². The summed E-state index contributed by atoms with van der Waals surface area (Å²) in [5.41, 5.74) is 4.38. The Morgan fingerprint density at radius 1 is 1.30 bits per heavy atom. The maximum Gasteiger partial charge on any atom is 0.491 e. The van der Waals surface area contributed by atoms with Gasteiger partial charge in [-0.1, -0.05) is 6.07 Å². The van der Waals surface area contributed by atoms with Crippen LogP contribution in [0.2, 0.25) is 0 Å². The molecular weight excluding hydrogens is 289 g/mol. The Morgan fingerprint density at radius 3 is 2.57 bits per heavy atom. The van der Waals surface area contributed by atoms with Gasteiger partial charge in [0.25, 0.3) is 0 Å². The summed E-state index contributed by atoms with van der Waals surface area (Å²) >= 11 is 0. The van der Waals surface area contributed by atoms with Crippen LogP contribution in [0.15, 0.2) is 24.3 Å². The van der Waals surface area contributed by atoms with Crippen LogP contribution in [-0.2, 0) is 4.65 Å². The van der Waals surface area contributed by atoms with E-state index in [0.717, 1.165) is 16.7 Å². The van der Waals surface area contributed by atoms with Crippen molar-refractivity contribution in [2.24, 2.45) is 0 Å². The molecular formula is C18H18BNO3. The summed E-state index contributed by atoms with van der Waals surface area (Å²) in [6, 6.07) is 7.17. The summed E-state index contributed by atoms with van der Waals surface area (Å²) in [7, 11) is -1.09. The number of ether oxygens (including phenoxy) is 1. The van der Waals surface area contributed by atoms with Gasteiger partial charge < -0.3 is 14.4 Å². The van der Waals surface area contributed by atoms with Crippen LogP contribution in [0.3, 0.4) is 0 Å². The molecule has 2 aromatic carbocycles. The molecule has 0 aromatic heterocycles. The van der Waals surface area contributed by atoms with Crippen molar-refractivity contribution >= 4 is 18.3 Å². The van der Waals surface area contributed by atoms with Crippen molar-refractivity contribution in [3.63, 3.8) is 0 Å². The van der Waals surface area contributed by atoms with Gasteiger partial charge in [-0.15, -0.1) is 0 Å². The van der Waals surface area contributed by atoms with Gasteiger partial charge in [0.15, 0.2) is 5.69 Å². The van der Waals surface area contributed by atoms with E-state index in [0.29, 0.717) is 28.2 Å². The zero-order valence-electron chi connectivity index (χ0n) is 14.6. The zero-order valence-corrected chi connectivity index (χ0v) is 13.6. The van der Waals surface area contributed by atoms with Gasteiger partial charge >= 0.3 is 7.12 Å². The molecule has 23 heavy (non-hydrogen) atoms. The highest BCUT2D eigenvalue weighted by Crippen LogP contribution is 2.35. The van der Waals surface area contributed by atoms with Crippen molar-refractivity contribution in [1.82, 2.24) is 0 Å². The van der Waals surface area contributed by atoms with E-state index in [-0.39, 0.29) is 0 Å². The maximum absolute atomic E-state index is 9.94. The van der Waals surface area contributed by atoms with E-state index >= 15 is 0 Å². The molecule has 116 valence electrons. The number of rotatable bonds is 2. The Morgan fingerprint density at radius 2 is 1.96 bits per heavy atom. The minimum absolute atomic E-state index is 0.605. The average molecular weight is 308 g/mol. The molecule has 5 heteroatoms. The number of aryl methyl sites for hydroxylation is 2. The van der Waals surface area contributed by atoms with Gasteiger partial charge in [-0.05, 0) is 73.6 Å². The quantitative estimate of drug-likeness (QED) is 0.679. The molecule has 1 aliphatic rings. The second-order valence-corrected chi connectivity index (χ2v) is 5.80. The van der Waals surface area contributed by atoms with Crippen LogP contribution < -0.4 is 10.2 Å². The summed E-state index contributed by atoms with van der Waals surface area (Å²) in [5, 5.41) is 9.94. The largest absolute Gasteiger partial charge is 0.491 e. The third-order valence-electron chi connectivity index (χ3n) is 4.16. The summed E-state index contributed by atoms with van der Waals surface area (Å²) in [6.45, 7) is 14.5. The first-order valence-electron chi connectivity index (χ1n) is 7.91. The lowest BCUT2D eigenvalue weighted by molar-refractivity contribution is 0.208. The van der Waals surface area contributed by atoms with Gasteiger partial charge in [-0.2, -0.15) is 0 Å². The minimum atomic E-state index is -1.31. The number of nitrogens with zero attached hydrogens (tertiary/aromatic N) is 1. The highest BCUT2D eigenvalue weighted by molar-refractivity contribution is 6.61. The zero-order chi connectivity index (χ0) is 17.6. The second-order valence-electron chi connectivity index (χ2n) is 5.80. The molecule has 1 atom stereocenters. The van der Waals surface area contributed by atoms with Crippen LogP contribution in [0.4, 0.5) is 5.69 Å². The van der Waals surface area contributed by atoms with Gasteiger partial charge in [0.05, 0.1) is 14.0 Å². The summed E-state index contributed by atoms with van der Waals surface area (Å²) < 4.78 is 19.6. The molecule has 0 fully saturated rings. The molecule has 0 radical (unpaired) electrons. The lowest BCUT2D eigenvalue weighted by Gasteiger charge is -2.15. The van der Waals surface area contributed by atoms with E-state index in [1.54, 1.807) is 19.1 Å². The highest BCUT2D eigenvalue weighted by atomic mass is 16.5. The predicted octanol–water partition coefficient (Wildman–Crippen LogP) is 3.73. The maximum atomic E-state index is 9.94. The van der Waals surface area contributed by atoms with Gasteiger partial charge in [-0.3, -0.25) is 0 Å². The topological polar surface area (TPSA) is 43.0 Å². The first-order valence-corrected chi connectivity index (χ1v) is 7.41. The molecule has 0 saturated carbocycles. The van der Waals surface area contributed by atoms with Crippen LogP contribution >= 0.6 is 0 Å². The van der Waals surface area contributed by atoms with Crippen molar-refractivity contribution in [1.29, 1.82) is 0 Å². The van der Waals surface area contributed by atoms with E-state index in [1.165, 1.54) is 0 Å². The molecule has 1 aliphatic heterocycles. The fourth-order valence-corrected chi connectivity index (χ4v) is 3.07. The lowest BCUT2D eigenvalue weighted by Crippen LogP contribution is -2.28. The van der Waals surface area contributed by atoms with Gasteiger partial charge in [-0.25, -0.2) is 4.85 Å². The van der Waals surface area contributed by atoms with Crippen LogP contribution in [0.5, 0.6) is 11.5 Å². The van der Waals surface area contributed by atoms with Crippen LogP contribution in [0.25, 0.3) is 4.85 Å². The molecule has 0 saturated heterocycles. The first kappa shape index (κ1) is 14.3. The normalized spacial score (nSPS) is 20.0. The molecule has 1 heterocycles. The second kappa shape index (κ2) is 5.73. The molecule has 1 unspecified atom stereocenters. The fraction of sp³-hybridized carbons (Fsp3) is 0.278. The SMILES string of the molecule is [2H]C1(C)OB(O)c2ccc(Oc3cc(C)c([N+]#[C-])c(C)c3)c(C)c21. The van der Waals surface area contributed by atoms with Gasteiger partial charge in [0.2, 0.25) is 0 Å². The molecule has 3 rings (SSSR count). The summed E-state index contributed by atoms with van der Waals surface area (Å²) in [6.07, 6.45) is -1.31. The monoisotopic (exact) mass is 308 g/mol. The van der Waals surface area contributed by atoms with Crippen molar-refractivity contribution < 1.29 is 15.8 Å². The highest BCUT2D eigenvalue weighted by Gasteiger charge is 2.34. The van der Waals surface area contributed by atoms with E-state index in [9.17, 15) is 5.02 Å². The molecule has 0 amide bonds. The predicted molar refractivity (Wildman–Crippen MR) is 90.5 cm³/mol. The number of hydrogen-bond donors (Lipinski definition) is 1. The Kier molecular flexibility index (Phi) is 3.57. The van der Waals surface area contributed by atoms with Crippen molar-refractivity contribution in [2.45, 2.75) is 33.8 Å². The van der Waals surface area contributed by atoms with E-state index in [4.69, 9.17) is 17.3 Å². The molecule has 0 bridgehead atoms. The molecule has 1 N–H and O–H groups in total. The third-order valence-corrected chi connectivity index (χ3v) is 4.16. The van der Waals surface area contributed by atoms with Crippen LogP contribution in [-0.4, -0.2) is 12.1 Å². The average Bonchev–Trinajstić information content (AvgIpc) is 2.71. The van der Waals surface area contributed by atoms with Crippen molar-refractivity contribution in [2.75, 3.05) is 0 Å². The number of fused-ring (bicyclic) bond motifs is 1. The Hall–Kier alpha value is -2.29. The molecule has 0 spiro atoms. The van der Waals surface area contributed by atoms with Gasteiger partial charge in [0, 0.05) is 0 Å². The first-order chi connectivity index (χ1) is 11.2. The fourth-order valence-electron chi connectivity index (χ4n) is 3.07. The minimum Gasteiger partial charge on any atom is -0.457 e. The number of hydrogen-bond acceptors (Lipinski definition) is 3. The Balaban J connectivity index is 2.03. The Bertz CT molecular complexity index is 850. The Labute approximate surface area is 138 Å². The molecule has 2 aromatic rings. The molecule has 0 aliphatic carbocycles. The van der Waals surface area contributed by atoms with E-state index < -0.39 is 13.2 Å². The lowest BCUT2D eigenvalue weighted by atomic mass is 9.78. The smallest absolute Gasteiger partial charge is 0.457 e. The van der Waals surface area contributed by atoms with E-state index in [2.05, 4.69) is 4.85 Å². The standard InChI is InChI=1S/C18H18BNO3/c1-10-8-14(9-11(2)18(10)20-5)22-16-7-6-15-17(12(16)3)13(4)23-19(15)21/h6-9,13,21H,1-4H3/i13D. The van der Waals surface area contributed by atoms with Gasteiger partial charge in [0.1, 0.15) is 11.5 Å². The van der Waals surface area contributed by atoms with Crippen molar-refractivity contribution in [3.05, 3.63) is 57.9 Å². The van der Waals surface area contributed by atoms with Crippen LogP contribution in [0, 0.1) is 27.3 Å². The molecule has 4 nitrogen and oxygen atoms in total. The van der Waals surface area contributed by atoms with Crippen molar-refractivity contribution in [3.8, 4) is 11.5 Å². The number of benzene rings is 2. The third kappa shape index (κ3) is 2.61. The summed E-state index contributed by atoms with van der Waals surface area (Å²) in [4.78, 5) is 3.54. The van der Waals surface area contributed by atoms with Crippen LogP contribution in [0.1, 0.15) is 36.6 Å². The summed E-state index contributed by atoms with van der Waals surface area (Å²) in [5.74, 6) is 1.26.